The molecule has 0 aliphatic carbocycles. The number of carbonyl (C=O) groups excluding carboxylic acids is 1. The van der Waals surface area contributed by atoms with E-state index in [4.69, 9.17) is 14.2 Å². The summed E-state index contributed by atoms with van der Waals surface area (Å²) in [5.74, 6) is 1.00. The Morgan fingerprint density at radius 3 is 2.20 bits per heavy atom. The van der Waals surface area contributed by atoms with E-state index >= 15 is 0 Å². The van der Waals surface area contributed by atoms with E-state index in [-0.39, 0.29) is 5.91 Å². The number of methoxy groups -OCH3 is 3. The zero-order valence-corrected chi connectivity index (χ0v) is 14.8. The van der Waals surface area contributed by atoms with Crippen LogP contribution in [0.4, 0.5) is 4.39 Å². The summed E-state index contributed by atoms with van der Waals surface area (Å²) in [7, 11) is 6.35. The van der Waals surface area contributed by atoms with Crippen molar-refractivity contribution in [3.05, 3.63) is 53.3 Å². The van der Waals surface area contributed by atoms with E-state index in [2.05, 4.69) is 0 Å². The Morgan fingerprint density at radius 1 is 1.04 bits per heavy atom. The molecular weight excluding hydrogens is 325 g/mol. The summed E-state index contributed by atoms with van der Waals surface area (Å²) in [4.78, 5) is 13.9. The second kappa shape index (κ2) is 8.37. The lowest BCUT2D eigenvalue weighted by Gasteiger charge is -2.18. The van der Waals surface area contributed by atoms with Crippen LogP contribution in [-0.4, -0.2) is 45.7 Å². The second-order valence-electron chi connectivity index (χ2n) is 5.52. The van der Waals surface area contributed by atoms with Crippen molar-refractivity contribution < 1.29 is 23.4 Å². The smallest absolute Gasteiger partial charge is 0.253 e. The Morgan fingerprint density at radius 2 is 1.68 bits per heavy atom. The number of hydrogen-bond acceptors (Lipinski definition) is 4. The summed E-state index contributed by atoms with van der Waals surface area (Å²) in [5.41, 5.74) is 1.26. The molecule has 0 unspecified atom stereocenters. The molecule has 25 heavy (non-hydrogen) atoms. The van der Waals surface area contributed by atoms with Gasteiger partial charge in [-0.1, -0.05) is 6.07 Å². The number of ether oxygens (including phenoxy) is 3. The van der Waals surface area contributed by atoms with Crippen LogP contribution < -0.4 is 14.2 Å². The third-order valence-electron chi connectivity index (χ3n) is 3.88. The molecule has 2 aromatic rings. The highest BCUT2D eigenvalue weighted by Crippen LogP contribution is 2.38. The lowest BCUT2D eigenvalue weighted by Crippen LogP contribution is -2.28. The van der Waals surface area contributed by atoms with E-state index in [9.17, 15) is 9.18 Å². The van der Waals surface area contributed by atoms with E-state index in [0.29, 0.717) is 35.8 Å². The third kappa shape index (κ3) is 4.41. The first kappa shape index (κ1) is 18.6. The first-order valence-electron chi connectivity index (χ1n) is 7.80. The van der Waals surface area contributed by atoms with Crippen LogP contribution in [0.5, 0.6) is 17.2 Å². The maximum Gasteiger partial charge on any atom is 0.253 e. The third-order valence-corrected chi connectivity index (χ3v) is 3.88. The van der Waals surface area contributed by atoms with Crippen LogP contribution in [0, 0.1) is 5.82 Å². The fourth-order valence-corrected chi connectivity index (χ4v) is 2.52. The van der Waals surface area contributed by atoms with Gasteiger partial charge in [-0.05, 0) is 42.3 Å². The molecule has 0 N–H and O–H groups in total. The number of nitrogens with zero attached hydrogens (tertiary/aromatic N) is 1. The molecule has 0 saturated heterocycles. The predicted octanol–water partition coefficient (Wildman–Crippen LogP) is 3.17. The van der Waals surface area contributed by atoms with Gasteiger partial charge in [0.25, 0.3) is 5.91 Å². The van der Waals surface area contributed by atoms with E-state index in [1.165, 1.54) is 18.2 Å². The number of halogens is 1. The van der Waals surface area contributed by atoms with Crippen molar-refractivity contribution in [1.29, 1.82) is 0 Å². The number of carbonyl (C=O) groups is 1. The normalized spacial score (nSPS) is 10.3. The van der Waals surface area contributed by atoms with Crippen molar-refractivity contribution in [2.75, 3.05) is 34.9 Å². The Hall–Kier alpha value is -2.76. The van der Waals surface area contributed by atoms with Gasteiger partial charge in [0.15, 0.2) is 11.5 Å². The average molecular weight is 347 g/mol. The van der Waals surface area contributed by atoms with Crippen LogP contribution in [0.25, 0.3) is 0 Å². The van der Waals surface area contributed by atoms with Gasteiger partial charge in [0.05, 0.1) is 21.3 Å². The van der Waals surface area contributed by atoms with Crippen LogP contribution in [0.3, 0.4) is 0 Å². The van der Waals surface area contributed by atoms with Gasteiger partial charge in [-0.25, -0.2) is 4.39 Å². The van der Waals surface area contributed by atoms with Crippen molar-refractivity contribution in [1.82, 2.24) is 4.90 Å². The van der Waals surface area contributed by atoms with E-state index in [1.54, 1.807) is 39.3 Å². The lowest BCUT2D eigenvalue weighted by atomic mass is 10.1. The predicted molar refractivity (Wildman–Crippen MR) is 93.2 cm³/mol. The van der Waals surface area contributed by atoms with Gasteiger partial charge in [0.1, 0.15) is 5.82 Å². The number of rotatable bonds is 7. The molecule has 5 nitrogen and oxygen atoms in total. The molecule has 0 aliphatic rings. The molecule has 1 amide bonds. The number of benzene rings is 2. The van der Waals surface area contributed by atoms with Gasteiger partial charge in [-0.15, -0.1) is 0 Å². The molecule has 0 fully saturated rings. The van der Waals surface area contributed by atoms with Crippen molar-refractivity contribution in [2.24, 2.45) is 0 Å². The lowest BCUT2D eigenvalue weighted by molar-refractivity contribution is 0.0796. The van der Waals surface area contributed by atoms with Crippen LogP contribution in [-0.2, 0) is 6.42 Å². The van der Waals surface area contributed by atoms with Crippen LogP contribution in [0.1, 0.15) is 15.9 Å². The summed E-state index contributed by atoms with van der Waals surface area (Å²) in [6.07, 6.45) is 0.592. The maximum atomic E-state index is 13.3. The Balaban J connectivity index is 2.11. The average Bonchev–Trinajstić information content (AvgIpc) is 2.64. The molecule has 0 radical (unpaired) electrons. The quantitative estimate of drug-likeness (QED) is 0.772. The fraction of sp³-hybridized carbons (Fsp3) is 0.316. The zero-order chi connectivity index (χ0) is 18.4. The molecule has 2 aromatic carbocycles. The molecule has 0 atom stereocenters. The Bertz CT molecular complexity index is 723. The van der Waals surface area contributed by atoms with E-state index in [1.807, 2.05) is 12.1 Å². The molecule has 6 heteroatoms. The van der Waals surface area contributed by atoms with Gasteiger partial charge in [0, 0.05) is 19.2 Å². The largest absolute Gasteiger partial charge is 0.493 e. The molecule has 0 aliphatic heterocycles. The first-order valence-corrected chi connectivity index (χ1v) is 7.80. The molecule has 0 spiro atoms. The van der Waals surface area contributed by atoms with E-state index < -0.39 is 5.82 Å². The first-order chi connectivity index (χ1) is 12.0. The van der Waals surface area contributed by atoms with Crippen LogP contribution in [0.2, 0.25) is 0 Å². The molecule has 0 heterocycles. The van der Waals surface area contributed by atoms with Gasteiger partial charge in [-0.2, -0.15) is 0 Å². The van der Waals surface area contributed by atoms with Gasteiger partial charge < -0.3 is 19.1 Å². The zero-order valence-electron chi connectivity index (χ0n) is 14.8. The molecule has 0 aromatic heterocycles. The Kier molecular flexibility index (Phi) is 6.22. The minimum atomic E-state index is -0.427. The minimum absolute atomic E-state index is 0.230. The SMILES string of the molecule is COc1cc(CCN(C)C(=O)c2cccc(F)c2)cc(OC)c1OC. The number of likely N-dealkylation sites (N-methyl/N-ethyl adjacent to an activating group) is 1. The monoisotopic (exact) mass is 347 g/mol. The second-order valence-corrected chi connectivity index (χ2v) is 5.52. The van der Waals surface area contributed by atoms with Crippen molar-refractivity contribution in [3.8, 4) is 17.2 Å². The standard InChI is InChI=1S/C19H22FNO4/c1-21(19(22)14-6-5-7-15(20)12-14)9-8-13-10-16(23-2)18(25-4)17(11-13)24-3/h5-7,10-12H,8-9H2,1-4H3. The number of amides is 1. The van der Waals surface area contributed by atoms with E-state index in [0.717, 1.165) is 5.56 Å². The summed E-state index contributed by atoms with van der Waals surface area (Å²) in [5, 5.41) is 0. The van der Waals surface area contributed by atoms with Crippen molar-refractivity contribution in [2.45, 2.75) is 6.42 Å². The van der Waals surface area contributed by atoms with Gasteiger partial charge in [-0.3, -0.25) is 4.79 Å². The highest BCUT2D eigenvalue weighted by Gasteiger charge is 2.15. The summed E-state index contributed by atoms with van der Waals surface area (Å²) >= 11 is 0. The minimum Gasteiger partial charge on any atom is -0.493 e. The maximum absolute atomic E-state index is 13.3. The molecule has 2 rings (SSSR count). The summed E-state index contributed by atoms with van der Waals surface area (Å²) in [6, 6.07) is 9.37. The van der Waals surface area contributed by atoms with Crippen molar-refractivity contribution >= 4 is 5.91 Å². The molecule has 134 valence electrons. The van der Waals surface area contributed by atoms with Crippen LogP contribution in [0.15, 0.2) is 36.4 Å². The van der Waals surface area contributed by atoms with Crippen molar-refractivity contribution in [3.63, 3.8) is 0 Å². The molecular formula is C19H22FNO4. The Labute approximate surface area is 146 Å². The molecule has 0 bridgehead atoms. The summed E-state index contributed by atoms with van der Waals surface area (Å²) < 4.78 is 29.2. The highest BCUT2D eigenvalue weighted by atomic mass is 19.1. The summed E-state index contributed by atoms with van der Waals surface area (Å²) in [6.45, 7) is 0.466. The molecule has 0 saturated carbocycles. The number of hydrogen-bond donors (Lipinski definition) is 0. The van der Waals surface area contributed by atoms with Gasteiger partial charge in [0.2, 0.25) is 5.75 Å². The highest BCUT2D eigenvalue weighted by molar-refractivity contribution is 5.94. The topological polar surface area (TPSA) is 48.0 Å². The van der Waals surface area contributed by atoms with Gasteiger partial charge >= 0.3 is 0 Å². The van der Waals surface area contributed by atoms with Crippen LogP contribution >= 0.6 is 0 Å². The fourth-order valence-electron chi connectivity index (χ4n) is 2.52.